The first kappa shape index (κ1) is 22.7. The lowest BCUT2D eigenvalue weighted by Crippen LogP contribution is -2.42. The Morgan fingerprint density at radius 1 is 0.750 bits per heavy atom. The third-order valence-corrected chi connectivity index (χ3v) is 5.89. The number of sulfonamides is 1. The van der Waals surface area contributed by atoms with Crippen LogP contribution in [0, 0.1) is 0 Å². The summed E-state index contributed by atoms with van der Waals surface area (Å²) in [5.41, 5.74) is 6.38. The second kappa shape index (κ2) is 9.88. The van der Waals surface area contributed by atoms with Gasteiger partial charge in [0.2, 0.25) is 5.91 Å². The van der Waals surface area contributed by atoms with Gasteiger partial charge in [0.15, 0.2) is 5.78 Å². The van der Waals surface area contributed by atoms with Crippen LogP contribution in [0.3, 0.4) is 0 Å². The predicted octanol–water partition coefficient (Wildman–Crippen LogP) is 2.69. The minimum absolute atomic E-state index is 0.00504. The van der Waals surface area contributed by atoms with Crippen molar-refractivity contribution in [1.29, 1.82) is 0 Å². The number of rotatable bonds is 7. The van der Waals surface area contributed by atoms with Gasteiger partial charge in [-0.3, -0.25) is 30.0 Å². The van der Waals surface area contributed by atoms with Crippen molar-refractivity contribution in [2.24, 2.45) is 0 Å². The average Bonchev–Trinajstić information content (AvgIpc) is 2.78. The van der Waals surface area contributed by atoms with Gasteiger partial charge in [-0.1, -0.05) is 42.5 Å². The summed E-state index contributed by atoms with van der Waals surface area (Å²) in [6, 6.07) is 20.4. The van der Waals surface area contributed by atoms with Crippen LogP contribution >= 0.6 is 0 Å². The lowest BCUT2D eigenvalue weighted by Gasteiger charge is -2.10. The Labute approximate surface area is 185 Å². The van der Waals surface area contributed by atoms with Crippen LogP contribution in [-0.2, 0) is 21.2 Å². The molecule has 0 unspecified atom stereocenters. The van der Waals surface area contributed by atoms with Gasteiger partial charge in [-0.15, -0.1) is 0 Å². The number of anilines is 1. The highest BCUT2D eigenvalue weighted by Gasteiger charge is 2.15. The normalized spacial score (nSPS) is 10.8. The van der Waals surface area contributed by atoms with Crippen LogP contribution in [0.2, 0.25) is 0 Å². The van der Waals surface area contributed by atoms with E-state index in [0.717, 1.165) is 5.56 Å². The van der Waals surface area contributed by atoms with Gasteiger partial charge in [0.25, 0.3) is 15.9 Å². The minimum Gasteiger partial charge on any atom is -0.295 e. The lowest BCUT2D eigenvalue weighted by atomic mass is 10.1. The van der Waals surface area contributed by atoms with Gasteiger partial charge in [0.1, 0.15) is 0 Å². The van der Waals surface area contributed by atoms with E-state index in [1.54, 1.807) is 12.1 Å². The maximum absolute atomic E-state index is 12.5. The Kier molecular flexibility index (Phi) is 7.01. The number of hydrazine groups is 1. The number of hydrogen-bond acceptors (Lipinski definition) is 5. The molecular formula is C23H21N3O5S. The molecule has 3 rings (SSSR count). The molecule has 2 amide bonds. The summed E-state index contributed by atoms with van der Waals surface area (Å²) < 4.78 is 27.4. The van der Waals surface area contributed by atoms with Crippen LogP contribution in [0.5, 0.6) is 0 Å². The molecule has 0 saturated carbocycles. The Morgan fingerprint density at radius 2 is 1.34 bits per heavy atom. The van der Waals surface area contributed by atoms with E-state index >= 15 is 0 Å². The zero-order valence-electron chi connectivity index (χ0n) is 17.2. The zero-order valence-corrected chi connectivity index (χ0v) is 18.0. The van der Waals surface area contributed by atoms with Crippen molar-refractivity contribution in [2.75, 3.05) is 4.72 Å². The van der Waals surface area contributed by atoms with Crippen LogP contribution in [0.25, 0.3) is 0 Å². The van der Waals surface area contributed by atoms with Crippen molar-refractivity contribution in [3.63, 3.8) is 0 Å². The summed E-state index contributed by atoms with van der Waals surface area (Å²) in [5, 5.41) is 0. The van der Waals surface area contributed by atoms with Gasteiger partial charge in [0, 0.05) is 16.8 Å². The highest BCUT2D eigenvalue weighted by atomic mass is 32.2. The molecule has 3 N–H and O–H groups in total. The first-order chi connectivity index (χ1) is 15.2. The summed E-state index contributed by atoms with van der Waals surface area (Å²) in [6.07, 6.45) is 0.120. The molecule has 3 aromatic rings. The molecule has 0 spiro atoms. The Hall–Kier alpha value is -3.98. The van der Waals surface area contributed by atoms with E-state index in [-0.39, 0.29) is 34.3 Å². The van der Waals surface area contributed by atoms with Crippen LogP contribution in [0.1, 0.15) is 33.2 Å². The van der Waals surface area contributed by atoms with Crippen molar-refractivity contribution in [2.45, 2.75) is 18.2 Å². The zero-order chi connectivity index (χ0) is 23.1. The topological polar surface area (TPSA) is 121 Å². The number of amides is 2. The lowest BCUT2D eigenvalue weighted by molar-refractivity contribution is -0.121. The maximum Gasteiger partial charge on any atom is 0.269 e. The van der Waals surface area contributed by atoms with E-state index in [9.17, 15) is 22.8 Å². The molecule has 164 valence electrons. The fourth-order valence-corrected chi connectivity index (χ4v) is 3.86. The number of carbonyl (C=O) groups is 3. The van der Waals surface area contributed by atoms with Gasteiger partial charge in [-0.05, 0) is 48.9 Å². The highest BCUT2D eigenvalue weighted by molar-refractivity contribution is 7.92. The van der Waals surface area contributed by atoms with Crippen molar-refractivity contribution in [3.05, 3.63) is 95.6 Å². The molecule has 8 nitrogen and oxygen atoms in total. The van der Waals surface area contributed by atoms with Gasteiger partial charge in [-0.25, -0.2) is 8.42 Å². The number of ketones is 1. The molecule has 0 bridgehead atoms. The first-order valence-corrected chi connectivity index (χ1v) is 11.1. The van der Waals surface area contributed by atoms with Gasteiger partial charge in [0.05, 0.1) is 11.3 Å². The Morgan fingerprint density at radius 3 is 1.94 bits per heavy atom. The maximum atomic E-state index is 12.5. The highest BCUT2D eigenvalue weighted by Crippen LogP contribution is 2.17. The SMILES string of the molecule is CC(=O)c1ccc(S(=O)(=O)Nc2ccc(C(=O)NNC(=O)Cc3ccccc3)cc2)cc1. The number of Topliss-reactive ketones (excluding diaryl/α,β-unsaturated/α-hetero) is 1. The molecule has 9 heteroatoms. The van der Waals surface area contributed by atoms with Crippen LogP contribution in [0.4, 0.5) is 5.69 Å². The van der Waals surface area contributed by atoms with E-state index in [1.807, 2.05) is 18.2 Å². The number of hydrogen-bond donors (Lipinski definition) is 3. The smallest absolute Gasteiger partial charge is 0.269 e. The van der Waals surface area contributed by atoms with Crippen LogP contribution in [-0.4, -0.2) is 26.0 Å². The summed E-state index contributed by atoms with van der Waals surface area (Å²) >= 11 is 0. The second-order valence-electron chi connectivity index (χ2n) is 6.93. The average molecular weight is 452 g/mol. The van der Waals surface area contributed by atoms with Crippen molar-refractivity contribution < 1.29 is 22.8 Å². The summed E-state index contributed by atoms with van der Waals surface area (Å²) in [4.78, 5) is 35.5. The fraction of sp³-hybridized carbons (Fsp3) is 0.0870. The molecule has 0 aliphatic rings. The Bertz CT molecular complexity index is 1220. The Balaban J connectivity index is 1.57. The number of benzene rings is 3. The molecule has 3 aromatic carbocycles. The van der Waals surface area contributed by atoms with Crippen molar-refractivity contribution >= 4 is 33.3 Å². The molecule has 0 aliphatic carbocycles. The monoisotopic (exact) mass is 451 g/mol. The second-order valence-corrected chi connectivity index (χ2v) is 8.61. The molecule has 32 heavy (non-hydrogen) atoms. The standard InChI is InChI=1S/C23H21N3O5S/c1-16(27)18-9-13-21(14-10-18)32(30,31)26-20-11-7-19(8-12-20)23(29)25-24-22(28)15-17-5-3-2-4-6-17/h2-14,26H,15H2,1H3,(H,24,28)(H,25,29). The molecule has 0 atom stereocenters. The van der Waals surface area contributed by atoms with E-state index in [0.29, 0.717) is 5.56 Å². The summed E-state index contributed by atoms with van der Waals surface area (Å²) in [7, 11) is -3.86. The van der Waals surface area contributed by atoms with E-state index in [4.69, 9.17) is 0 Å². The van der Waals surface area contributed by atoms with Crippen LogP contribution in [0.15, 0.2) is 83.8 Å². The molecule has 0 heterocycles. The van der Waals surface area contributed by atoms with Gasteiger partial charge in [-0.2, -0.15) is 0 Å². The van der Waals surface area contributed by atoms with Gasteiger partial charge >= 0.3 is 0 Å². The third-order valence-electron chi connectivity index (χ3n) is 4.49. The summed E-state index contributed by atoms with van der Waals surface area (Å²) in [6.45, 7) is 1.40. The minimum atomic E-state index is -3.86. The van der Waals surface area contributed by atoms with E-state index in [2.05, 4.69) is 15.6 Å². The molecule has 0 saturated heterocycles. The van der Waals surface area contributed by atoms with Gasteiger partial charge < -0.3 is 0 Å². The van der Waals surface area contributed by atoms with Crippen LogP contribution < -0.4 is 15.6 Å². The molecule has 0 radical (unpaired) electrons. The predicted molar refractivity (Wildman–Crippen MR) is 119 cm³/mol. The van der Waals surface area contributed by atoms with E-state index < -0.39 is 15.9 Å². The van der Waals surface area contributed by atoms with E-state index in [1.165, 1.54) is 55.5 Å². The third kappa shape index (κ3) is 6.02. The quantitative estimate of drug-likeness (QED) is 0.377. The fourth-order valence-electron chi connectivity index (χ4n) is 2.80. The molecule has 0 aliphatic heterocycles. The van der Waals surface area contributed by atoms with Crippen molar-refractivity contribution in [3.8, 4) is 0 Å². The van der Waals surface area contributed by atoms with Crippen molar-refractivity contribution in [1.82, 2.24) is 10.9 Å². The molecule has 0 aromatic heterocycles. The number of nitrogens with one attached hydrogen (secondary N) is 3. The molecular weight excluding hydrogens is 430 g/mol. The first-order valence-electron chi connectivity index (χ1n) is 9.61. The summed E-state index contributed by atoms with van der Waals surface area (Å²) in [5.74, 6) is -1.07. The molecule has 0 fully saturated rings. The largest absolute Gasteiger partial charge is 0.295 e. The number of carbonyl (C=O) groups excluding carboxylic acids is 3.